The highest BCUT2D eigenvalue weighted by molar-refractivity contribution is 5.83. The molecule has 0 aliphatic carbocycles. The van der Waals surface area contributed by atoms with E-state index in [1.165, 1.54) is 0 Å². The molecule has 118 valence electrons. The average Bonchev–Trinajstić information content (AvgIpc) is 2.60. The molecular weight excluding hydrogens is 292 g/mol. The van der Waals surface area contributed by atoms with E-state index in [0.29, 0.717) is 27.9 Å². The molecule has 0 bridgehead atoms. The molecule has 0 aliphatic heterocycles. The summed E-state index contributed by atoms with van der Waals surface area (Å²) in [7, 11) is 3.11. The lowest BCUT2D eigenvalue weighted by Gasteiger charge is -2.16. The van der Waals surface area contributed by atoms with Crippen LogP contribution in [0, 0.1) is 6.92 Å². The van der Waals surface area contributed by atoms with Crippen LogP contribution in [-0.4, -0.2) is 14.2 Å². The van der Waals surface area contributed by atoms with E-state index in [9.17, 15) is 4.79 Å². The van der Waals surface area contributed by atoms with Gasteiger partial charge in [-0.05, 0) is 13.0 Å². The topological polar surface area (TPSA) is 48.7 Å². The van der Waals surface area contributed by atoms with Crippen molar-refractivity contribution >= 4 is 11.0 Å². The van der Waals surface area contributed by atoms with Gasteiger partial charge in [0, 0.05) is 25.3 Å². The van der Waals surface area contributed by atoms with Crippen LogP contribution in [0.25, 0.3) is 22.3 Å². The van der Waals surface area contributed by atoms with Crippen LogP contribution in [-0.2, 0) is 9.47 Å². The molecule has 0 radical (unpaired) electrons. The van der Waals surface area contributed by atoms with E-state index in [1.807, 2.05) is 36.4 Å². The van der Waals surface area contributed by atoms with Gasteiger partial charge in [-0.15, -0.1) is 0 Å². The molecule has 1 aromatic heterocycles. The summed E-state index contributed by atoms with van der Waals surface area (Å²) < 4.78 is 16.8. The number of para-hydroxylation sites is 1. The second-order valence-electron chi connectivity index (χ2n) is 5.28. The highest BCUT2D eigenvalue weighted by atomic mass is 16.7. The van der Waals surface area contributed by atoms with Gasteiger partial charge >= 0.3 is 0 Å². The summed E-state index contributed by atoms with van der Waals surface area (Å²) in [5, 5.41) is 0.527. The summed E-state index contributed by atoms with van der Waals surface area (Å²) in [4.78, 5) is 12.7. The van der Waals surface area contributed by atoms with E-state index < -0.39 is 6.29 Å². The van der Waals surface area contributed by atoms with Crippen LogP contribution in [0.2, 0.25) is 0 Å². The zero-order valence-corrected chi connectivity index (χ0v) is 13.3. The third-order valence-corrected chi connectivity index (χ3v) is 3.89. The van der Waals surface area contributed by atoms with Crippen molar-refractivity contribution in [1.82, 2.24) is 0 Å². The van der Waals surface area contributed by atoms with Crippen LogP contribution in [0.15, 0.2) is 57.7 Å². The first-order chi connectivity index (χ1) is 11.2. The SMILES string of the molecule is COC(OC)c1cccc2c(=O)c(C)c(-c3ccccc3)oc12. The third-order valence-electron chi connectivity index (χ3n) is 3.89. The monoisotopic (exact) mass is 310 g/mol. The van der Waals surface area contributed by atoms with Gasteiger partial charge in [0.1, 0.15) is 11.3 Å². The molecule has 4 nitrogen and oxygen atoms in total. The zero-order chi connectivity index (χ0) is 16.4. The molecule has 0 N–H and O–H groups in total. The van der Waals surface area contributed by atoms with Gasteiger partial charge in [0.15, 0.2) is 11.7 Å². The minimum Gasteiger partial charge on any atom is -0.455 e. The Morgan fingerprint density at radius 3 is 2.30 bits per heavy atom. The fourth-order valence-corrected chi connectivity index (χ4v) is 2.73. The van der Waals surface area contributed by atoms with Crippen molar-refractivity contribution in [3.8, 4) is 11.3 Å². The van der Waals surface area contributed by atoms with Gasteiger partial charge in [-0.1, -0.05) is 42.5 Å². The highest BCUT2D eigenvalue weighted by Crippen LogP contribution is 2.30. The Morgan fingerprint density at radius 1 is 0.957 bits per heavy atom. The summed E-state index contributed by atoms with van der Waals surface area (Å²) in [6.07, 6.45) is -0.590. The first-order valence-electron chi connectivity index (χ1n) is 7.34. The summed E-state index contributed by atoms with van der Waals surface area (Å²) in [6, 6.07) is 15.0. The Morgan fingerprint density at radius 2 is 1.65 bits per heavy atom. The predicted molar refractivity (Wildman–Crippen MR) is 89.4 cm³/mol. The van der Waals surface area contributed by atoms with Crippen molar-refractivity contribution in [1.29, 1.82) is 0 Å². The molecule has 1 heterocycles. The van der Waals surface area contributed by atoms with Crippen LogP contribution in [0.1, 0.15) is 17.4 Å². The zero-order valence-electron chi connectivity index (χ0n) is 13.3. The van der Waals surface area contributed by atoms with Gasteiger partial charge < -0.3 is 13.9 Å². The Bertz CT molecular complexity index is 877. The fraction of sp³-hybridized carbons (Fsp3) is 0.211. The molecule has 3 aromatic rings. The van der Waals surface area contributed by atoms with Crippen LogP contribution in [0.4, 0.5) is 0 Å². The van der Waals surface area contributed by atoms with Crippen molar-refractivity contribution in [3.63, 3.8) is 0 Å². The summed E-state index contributed by atoms with van der Waals surface area (Å²) in [5.74, 6) is 0.571. The molecule has 0 saturated carbocycles. The van der Waals surface area contributed by atoms with Gasteiger partial charge in [0.05, 0.1) is 10.9 Å². The maximum atomic E-state index is 12.7. The van der Waals surface area contributed by atoms with Crippen LogP contribution in [0.5, 0.6) is 0 Å². The second-order valence-corrected chi connectivity index (χ2v) is 5.28. The first kappa shape index (κ1) is 15.5. The molecular formula is C19H18O4. The Labute approximate surface area is 134 Å². The molecule has 3 rings (SSSR count). The van der Waals surface area contributed by atoms with E-state index in [1.54, 1.807) is 33.3 Å². The van der Waals surface area contributed by atoms with E-state index in [4.69, 9.17) is 13.9 Å². The average molecular weight is 310 g/mol. The summed E-state index contributed by atoms with van der Waals surface area (Å²) in [5.41, 5.74) is 2.60. The highest BCUT2D eigenvalue weighted by Gasteiger charge is 2.19. The lowest BCUT2D eigenvalue weighted by molar-refractivity contribution is -0.105. The minimum atomic E-state index is -0.590. The van der Waals surface area contributed by atoms with Crippen LogP contribution < -0.4 is 5.43 Å². The number of methoxy groups -OCH3 is 2. The number of hydrogen-bond donors (Lipinski definition) is 0. The van der Waals surface area contributed by atoms with Crippen LogP contribution >= 0.6 is 0 Å². The second kappa shape index (κ2) is 6.36. The molecule has 0 atom stereocenters. The molecule has 0 unspecified atom stereocenters. The van der Waals surface area contributed by atoms with Crippen molar-refractivity contribution in [2.45, 2.75) is 13.2 Å². The number of hydrogen-bond acceptors (Lipinski definition) is 4. The molecule has 2 aromatic carbocycles. The van der Waals surface area contributed by atoms with Gasteiger partial charge in [0.25, 0.3) is 0 Å². The van der Waals surface area contributed by atoms with Crippen molar-refractivity contribution in [3.05, 3.63) is 69.9 Å². The molecule has 0 spiro atoms. The summed E-state index contributed by atoms with van der Waals surface area (Å²) in [6.45, 7) is 1.78. The quantitative estimate of drug-likeness (QED) is 0.682. The Kier molecular flexibility index (Phi) is 4.28. The lowest BCUT2D eigenvalue weighted by atomic mass is 10.0. The van der Waals surface area contributed by atoms with Gasteiger partial charge in [-0.2, -0.15) is 0 Å². The number of ether oxygens (including phenoxy) is 2. The predicted octanol–water partition coefficient (Wildman–Crippen LogP) is 4.06. The molecule has 23 heavy (non-hydrogen) atoms. The summed E-state index contributed by atoms with van der Waals surface area (Å²) >= 11 is 0. The Balaban J connectivity index is 2.35. The minimum absolute atomic E-state index is 0.0436. The molecule has 0 saturated heterocycles. The van der Waals surface area contributed by atoms with Gasteiger partial charge in [0.2, 0.25) is 0 Å². The van der Waals surface area contributed by atoms with E-state index in [0.717, 1.165) is 5.56 Å². The molecule has 0 amide bonds. The van der Waals surface area contributed by atoms with Gasteiger partial charge in [-0.25, -0.2) is 0 Å². The van der Waals surface area contributed by atoms with Crippen LogP contribution in [0.3, 0.4) is 0 Å². The van der Waals surface area contributed by atoms with Crippen molar-refractivity contribution < 1.29 is 13.9 Å². The van der Waals surface area contributed by atoms with E-state index in [-0.39, 0.29) is 5.43 Å². The van der Waals surface area contributed by atoms with Gasteiger partial charge in [-0.3, -0.25) is 4.79 Å². The number of benzene rings is 2. The standard InChI is InChI=1S/C19H18O4/c1-12-16(20)14-10-7-11-15(19(21-2)22-3)18(14)23-17(12)13-8-5-4-6-9-13/h4-11,19H,1-3H3. The molecule has 0 fully saturated rings. The smallest absolute Gasteiger partial charge is 0.196 e. The maximum absolute atomic E-state index is 12.7. The molecule has 4 heteroatoms. The maximum Gasteiger partial charge on any atom is 0.196 e. The van der Waals surface area contributed by atoms with E-state index in [2.05, 4.69) is 0 Å². The number of rotatable bonds is 4. The number of fused-ring (bicyclic) bond motifs is 1. The van der Waals surface area contributed by atoms with Crippen molar-refractivity contribution in [2.24, 2.45) is 0 Å². The van der Waals surface area contributed by atoms with Crippen molar-refractivity contribution in [2.75, 3.05) is 14.2 Å². The molecule has 0 aliphatic rings. The normalized spacial score (nSPS) is 11.3. The fourth-order valence-electron chi connectivity index (χ4n) is 2.73. The third kappa shape index (κ3) is 2.67. The Hall–Kier alpha value is -2.43. The lowest BCUT2D eigenvalue weighted by Crippen LogP contribution is -2.10. The van der Waals surface area contributed by atoms with E-state index >= 15 is 0 Å². The first-order valence-corrected chi connectivity index (χ1v) is 7.34. The largest absolute Gasteiger partial charge is 0.455 e.